The summed E-state index contributed by atoms with van der Waals surface area (Å²) in [6, 6.07) is 10.0. The standard InChI is InChI=1S/C20H21NO6/c1-24-16-11-9-13(18(25-2)19(16)26-3)10-12-17(22)21-15-8-6-5-7-14(15)20(23)27-4/h5-12H,1-4H3,(H,21,22). The molecule has 1 amide bonds. The first kappa shape index (κ1) is 19.8. The van der Waals surface area contributed by atoms with Crippen molar-refractivity contribution in [2.45, 2.75) is 0 Å². The van der Waals surface area contributed by atoms with Gasteiger partial charge in [-0.25, -0.2) is 4.79 Å². The molecule has 2 rings (SSSR count). The molecule has 0 saturated carbocycles. The molecule has 0 radical (unpaired) electrons. The molecule has 0 aliphatic rings. The van der Waals surface area contributed by atoms with Crippen LogP contribution in [0.1, 0.15) is 15.9 Å². The lowest BCUT2D eigenvalue weighted by Gasteiger charge is -2.14. The van der Waals surface area contributed by atoms with Crippen molar-refractivity contribution < 1.29 is 28.5 Å². The Morgan fingerprint density at radius 1 is 0.889 bits per heavy atom. The second kappa shape index (κ2) is 9.28. The van der Waals surface area contributed by atoms with Crippen molar-refractivity contribution in [1.29, 1.82) is 0 Å². The van der Waals surface area contributed by atoms with E-state index in [9.17, 15) is 9.59 Å². The fraction of sp³-hybridized carbons (Fsp3) is 0.200. The average Bonchev–Trinajstić information content (AvgIpc) is 2.71. The Bertz CT molecular complexity index is 860. The van der Waals surface area contributed by atoms with E-state index in [2.05, 4.69) is 5.32 Å². The number of ether oxygens (including phenoxy) is 4. The Labute approximate surface area is 157 Å². The molecule has 0 aliphatic carbocycles. The molecule has 0 unspecified atom stereocenters. The minimum atomic E-state index is -0.531. The molecule has 0 aromatic heterocycles. The largest absolute Gasteiger partial charge is 0.493 e. The number of rotatable bonds is 7. The first-order valence-electron chi connectivity index (χ1n) is 8.01. The normalized spacial score (nSPS) is 10.4. The predicted molar refractivity (Wildman–Crippen MR) is 102 cm³/mol. The lowest BCUT2D eigenvalue weighted by molar-refractivity contribution is -0.111. The summed E-state index contributed by atoms with van der Waals surface area (Å²) < 4.78 is 20.6. The first-order chi connectivity index (χ1) is 13.0. The number of hydrogen-bond acceptors (Lipinski definition) is 6. The van der Waals surface area contributed by atoms with Gasteiger partial charge in [-0.1, -0.05) is 12.1 Å². The molecule has 0 bridgehead atoms. The fourth-order valence-corrected chi connectivity index (χ4v) is 2.48. The molecule has 0 aliphatic heterocycles. The van der Waals surface area contributed by atoms with Gasteiger partial charge in [0, 0.05) is 11.6 Å². The van der Waals surface area contributed by atoms with Crippen LogP contribution in [0, 0.1) is 0 Å². The van der Waals surface area contributed by atoms with Gasteiger partial charge >= 0.3 is 5.97 Å². The zero-order valence-electron chi connectivity index (χ0n) is 15.6. The summed E-state index contributed by atoms with van der Waals surface area (Å²) in [4.78, 5) is 24.1. The Balaban J connectivity index is 2.25. The number of amides is 1. The number of carbonyl (C=O) groups is 2. The van der Waals surface area contributed by atoms with Gasteiger partial charge in [0.1, 0.15) is 0 Å². The SMILES string of the molecule is COC(=O)c1ccccc1NC(=O)C=Cc1ccc(OC)c(OC)c1OC. The lowest BCUT2D eigenvalue weighted by atomic mass is 10.1. The number of nitrogens with one attached hydrogen (secondary N) is 1. The molecular formula is C20H21NO6. The molecule has 0 atom stereocenters. The van der Waals surface area contributed by atoms with Crippen LogP contribution in [0.5, 0.6) is 17.2 Å². The summed E-state index contributed by atoms with van der Waals surface area (Å²) in [5, 5.41) is 2.66. The van der Waals surface area contributed by atoms with Gasteiger partial charge in [-0.2, -0.15) is 0 Å². The fourth-order valence-electron chi connectivity index (χ4n) is 2.48. The molecule has 1 N–H and O–H groups in total. The molecule has 0 saturated heterocycles. The predicted octanol–water partition coefficient (Wildman–Crippen LogP) is 3.15. The molecule has 7 nitrogen and oxygen atoms in total. The molecule has 27 heavy (non-hydrogen) atoms. The van der Waals surface area contributed by atoms with Crippen molar-refractivity contribution in [3.05, 3.63) is 53.6 Å². The number of hydrogen-bond donors (Lipinski definition) is 1. The first-order valence-corrected chi connectivity index (χ1v) is 8.01. The second-order valence-electron chi connectivity index (χ2n) is 5.28. The van der Waals surface area contributed by atoms with E-state index in [-0.39, 0.29) is 5.56 Å². The molecule has 0 heterocycles. The molecule has 2 aromatic carbocycles. The summed E-state index contributed by atoms with van der Waals surface area (Å²) in [5.74, 6) is 0.442. The van der Waals surface area contributed by atoms with E-state index in [1.165, 1.54) is 34.5 Å². The highest BCUT2D eigenvalue weighted by atomic mass is 16.5. The van der Waals surface area contributed by atoms with E-state index < -0.39 is 11.9 Å². The van der Waals surface area contributed by atoms with Gasteiger partial charge in [0.25, 0.3) is 0 Å². The van der Waals surface area contributed by atoms with Crippen LogP contribution in [0.25, 0.3) is 6.08 Å². The quantitative estimate of drug-likeness (QED) is 0.595. The van der Waals surface area contributed by atoms with E-state index in [0.29, 0.717) is 28.5 Å². The van der Waals surface area contributed by atoms with Crippen molar-refractivity contribution in [2.24, 2.45) is 0 Å². The van der Waals surface area contributed by atoms with Crippen molar-refractivity contribution in [1.82, 2.24) is 0 Å². The van der Waals surface area contributed by atoms with Crippen molar-refractivity contribution in [3.8, 4) is 17.2 Å². The van der Waals surface area contributed by atoms with Crippen molar-refractivity contribution in [2.75, 3.05) is 33.8 Å². The van der Waals surface area contributed by atoms with Gasteiger partial charge in [-0.15, -0.1) is 0 Å². The van der Waals surface area contributed by atoms with Gasteiger partial charge in [-0.3, -0.25) is 4.79 Å². The molecular weight excluding hydrogens is 350 g/mol. The molecule has 142 valence electrons. The number of esters is 1. The average molecular weight is 371 g/mol. The highest BCUT2D eigenvalue weighted by molar-refractivity contribution is 6.06. The number of methoxy groups -OCH3 is 4. The number of anilines is 1. The van der Waals surface area contributed by atoms with Crippen LogP contribution >= 0.6 is 0 Å². The van der Waals surface area contributed by atoms with Crippen LogP contribution in [0.4, 0.5) is 5.69 Å². The van der Waals surface area contributed by atoms with Crippen LogP contribution in [0.3, 0.4) is 0 Å². The monoisotopic (exact) mass is 371 g/mol. The highest BCUT2D eigenvalue weighted by Gasteiger charge is 2.15. The topological polar surface area (TPSA) is 83.1 Å². The summed E-state index contributed by atoms with van der Waals surface area (Å²) in [6.07, 6.45) is 2.91. The van der Waals surface area contributed by atoms with Crippen molar-refractivity contribution >= 4 is 23.6 Å². The van der Waals surface area contributed by atoms with E-state index in [4.69, 9.17) is 18.9 Å². The van der Waals surface area contributed by atoms with E-state index in [1.54, 1.807) is 42.5 Å². The minimum absolute atomic E-state index is 0.269. The van der Waals surface area contributed by atoms with Crippen LogP contribution < -0.4 is 19.5 Å². The van der Waals surface area contributed by atoms with Gasteiger partial charge in [-0.05, 0) is 30.3 Å². The Morgan fingerprint density at radius 2 is 1.59 bits per heavy atom. The zero-order chi connectivity index (χ0) is 19.8. The zero-order valence-corrected chi connectivity index (χ0v) is 15.6. The third kappa shape index (κ3) is 4.58. The maximum atomic E-state index is 12.3. The van der Waals surface area contributed by atoms with E-state index in [0.717, 1.165) is 0 Å². The smallest absolute Gasteiger partial charge is 0.339 e. The highest BCUT2D eigenvalue weighted by Crippen LogP contribution is 2.40. The third-order valence-corrected chi connectivity index (χ3v) is 3.74. The van der Waals surface area contributed by atoms with E-state index in [1.807, 2.05) is 0 Å². The lowest BCUT2D eigenvalue weighted by Crippen LogP contribution is -2.12. The van der Waals surface area contributed by atoms with Gasteiger partial charge in [0.2, 0.25) is 11.7 Å². The van der Waals surface area contributed by atoms with Gasteiger partial charge in [0.05, 0.1) is 39.7 Å². The van der Waals surface area contributed by atoms with Gasteiger partial charge < -0.3 is 24.3 Å². The number of carbonyl (C=O) groups excluding carboxylic acids is 2. The molecule has 7 heteroatoms. The van der Waals surface area contributed by atoms with Gasteiger partial charge in [0.15, 0.2) is 11.5 Å². The maximum absolute atomic E-state index is 12.3. The summed E-state index contributed by atoms with van der Waals surface area (Å²) in [6.45, 7) is 0. The number of benzene rings is 2. The molecule has 2 aromatic rings. The van der Waals surface area contributed by atoms with Crippen molar-refractivity contribution in [3.63, 3.8) is 0 Å². The Hall–Kier alpha value is -3.48. The minimum Gasteiger partial charge on any atom is -0.493 e. The second-order valence-corrected chi connectivity index (χ2v) is 5.28. The Kier molecular flexibility index (Phi) is 6.82. The third-order valence-electron chi connectivity index (χ3n) is 3.74. The van der Waals surface area contributed by atoms with E-state index >= 15 is 0 Å². The Morgan fingerprint density at radius 3 is 2.22 bits per heavy atom. The number of para-hydroxylation sites is 1. The van der Waals surface area contributed by atoms with Crippen LogP contribution in [0.15, 0.2) is 42.5 Å². The summed E-state index contributed by atoms with van der Waals surface area (Å²) >= 11 is 0. The summed E-state index contributed by atoms with van der Waals surface area (Å²) in [5.41, 5.74) is 1.26. The van der Waals surface area contributed by atoms with Crippen LogP contribution in [-0.2, 0) is 9.53 Å². The van der Waals surface area contributed by atoms with Crippen LogP contribution in [0.2, 0.25) is 0 Å². The maximum Gasteiger partial charge on any atom is 0.339 e. The summed E-state index contributed by atoms with van der Waals surface area (Å²) in [7, 11) is 5.81. The molecule has 0 spiro atoms. The molecule has 0 fully saturated rings. The van der Waals surface area contributed by atoms with Crippen LogP contribution in [-0.4, -0.2) is 40.3 Å².